The minimum Gasteiger partial charge on any atom is -0.372 e. The Kier molecular flexibility index (Phi) is 7.55. The van der Waals surface area contributed by atoms with E-state index in [1.165, 1.54) is 50.9 Å². The lowest BCUT2D eigenvalue weighted by atomic mass is 10.0. The maximum Gasteiger partial charge on any atom is 0.0366 e. The zero-order valence-electron chi connectivity index (χ0n) is 12.4. The second-order valence-corrected chi connectivity index (χ2v) is 5.36. The van der Waals surface area contributed by atoms with Gasteiger partial charge in [0.15, 0.2) is 0 Å². The monoisotopic (exact) mass is 247 g/mol. The Morgan fingerprint density at radius 1 is 0.944 bits per heavy atom. The third-order valence-corrected chi connectivity index (χ3v) is 3.56. The molecule has 1 unspecified atom stereocenters. The smallest absolute Gasteiger partial charge is 0.0366 e. The Bertz CT molecular complexity index is 294. The molecule has 1 atom stereocenters. The number of anilines is 1. The summed E-state index contributed by atoms with van der Waals surface area (Å²) in [5, 5.41) is 0. The molecule has 0 N–H and O–H groups in total. The first-order valence-electron chi connectivity index (χ1n) is 7.57. The molecule has 0 spiro atoms. The van der Waals surface area contributed by atoms with Crippen LogP contribution in [-0.2, 0) is 0 Å². The summed E-state index contributed by atoms with van der Waals surface area (Å²) < 4.78 is 0. The van der Waals surface area contributed by atoms with E-state index in [1.54, 1.807) is 0 Å². The Labute approximate surface area is 113 Å². The van der Waals surface area contributed by atoms with Crippen molar-refractivity contribution in [2.24, 2.45) is 5.92 Å². The van der Waals surface area contributed by atoms with Gasteiger partial charge in [0.1, 0.15) is 0 Å². The molecule has 0 aliphatic rings. The van der Waals surface area contributed by atoms with E-state index >= 15 is 0 Å². The second-order valence-electron chi connectivity index (χ2n) is 5.36. The van der Waals surface area contributed by atoms with Crippen LogP contribution in [0.2, 0.25) is 0 Å². The van der Waals surface area contributed by atoms with Crippen LogP contribution in [0.25, 0.3) is 0 Å². The van der Waals surface area contributed by atoms with Gasteiger partial charge in [-0.3, -0.25) is 0 Å². The summed E-state index contributed by atoms with van der Waals surface area (Å²) >= 11 is 0. The Balaban J connectivity index is 2.43. The molecule has 1 aromatic carbocycles. The van der Waals surface area contributed by atoms with Crippen molar-refractivity contribution in [2.75, 3.05) is 18.0 Å². The van der Waals surface area contributed by atoms with Gasteiger partial charge in [0.25, 0.3) is 0 Å². The highest BCUT2D eigenvalue weighted by Gasteiger charge is 2.07. The van der Waals surface area contributed by atoms with Crippen molar-refractivity contribution in [1.29, 1.82) is 0 Å². The van der Waals surface area contributed by atoms with E-state index in [9.17, 15) is 0 Å². The Hall–Kier alpha value is -0.980. The Morgan fingerprint density at radius 3 is 2.28 bits per heavy atom. The predicted octanol–water partition coefficient (Wildman–Crippen LogP) is 5.12. The predicted molar refractivity (Wildman–Crippen MR) is 82.3 cm³/mol. The van der Waals surface area contributed by atoms with Crippen LogP contribution in [0.1, 0.15) is 52.9 Å². The molecule has 1 heteroatoms. The minimum atomic E-state index is 0.855. The molecule has 0 amide bonds. The fraction of sp³-hybridized carbons (Fsp3) is 0.647. The first-order valence-corrected chi connectivity index (χ1v) is 7.57. The molecule has 0 bridgehead atoms. The molecule has 102 valence electrons. The van der Waals surface area contributed by atoms with Crippen LogP contribution in [-0.4, -0.2) is 13.1 Å². The average molecular weight is 247 g/mol. The van der Waals surface area contributed by atoms with E-state index in [0.717, 1.165) is 5.92 Å². The van der Waals surface area contributed by atoms with Crippen LogP contribution < -0.4 is 4.90 Å². The molecular formula is C17H29N. The van der Waals surface area contributed by atoms with Crippen molar-refractivity contribution in [3.8, 4) is 0 Å². The van der Waals surface area contributed by atoms with E-state index in [2.05, 4.69) is 56.0 Å². The molecule has 1 aromatic rings. The summed E-state index contributed by atoms with van der Waals surface area (Å²) in [6, 6.07) is 10.8. The summed E-state index contributed by atoms with van der Waals surface area (Å²) in [6.45, 7) is 9.30. The summed E-state index contributed by atoms with van der Waals surface area (Å²) in [5.74, 6) is 0.855. The van der Waals surface area contributed by atoms with Gasteiger partial charge in [-0.05, 0) is 30.9 Å². The Morgan fingerprint density at radius 2 is 1.67 bits per heavy atom. The number of rotatable bonds is 9. The molecule has 0 saturated carbocycles. The first kappa shape index (κ1) is 15.1. The summed E-state index contributed by atoms with van der Waals surface area (Å²) in [5.41, 5.74) is 1.38. The third-order valence-electron chi connectivity index (χ3n) is 3.56. The molecule has 1 nitrogen and oxygen atoms in total. The molecular weight excluding hydrogens is 218 g/mol. The zero-order chi connectivity index (χ0) is 13.2. The van der Waals surface area contributed by atoms with Crippen LogP contribution >= 0.6 is 0 Å². The SMILES string of the molecule is CCCCC(C)CCN(CCC)c1ccccc1. The molecule has 1 rings (SSSR count). The normalized spacial score (nSPS) is 12.4. The van der Waals surface area contributed by atoms with Crippen LogP contribution in [0.4, 0.5) is 5.69 Å². The van der Waals surface area contributed by atoms with Gasteiger partial charge in [0, 0.05) is 18.8 Å². The highest BCUT2D eigenvalue weighted by Crippen LogP contribution is 2.17. The molecule has 0 aromatic heterocycles. The fourth-order valence-corrected chi connectivity index (χ4v) is 2.35. The van der Waals surface area contributed by atoms with Gasteiger partial charge in [-0.2, -0.15) is 0 Å². The number of nitrogens with zero attached hydrogens (tertiary/aromatic N) is 1. The molecule has 0 fully saturated rings. The second kappa shape index (κ2) is 9.02. The molecule has 0 radical (unpaired) electrons. The number of benzene rings is 1. The quantitative estimate of drug-likeness (QED) is 0.585. The highest BCUT2D eigenvalue weighted by molar-refractivity contribution is 5.45. The van der Waals surface area contributed by atoms with Crippen LogP contribution in [0.5, 0.6) is 0 Å². The van der Waals surface area contributed by atoms with Gasteiger partial charge in [0.05, 0.1) is 0 Å². The van der Waals surface area contributed by atoms with E-state index in [0.29, 0.717) is 0 Å². The van der Waals surface area contributed by atoms with Gasteiger partial charge in [-0.25, -0.2) is 0 Å². The molecule has 0 heterocycles. The van der Waals surface area contributed by atoms with E-state index in [1.807, 2.05) is 0 Å². The summed E-state index contributed by atoms with van der Waals surface area (Å²) in [7, 11) is 0. The maximum absolute atomic E-state index is 2.53. The van der Waals surface area contributed by atoms with Crippen molar-refractivity contribution >= 4 is 5.69 Å². The lowest BCUT2D eigenvalue weighted by Crippen LogP contribution is -2.26. The summed E-state index contributed by atoms with van der Waals surface area (Å²) in [6.07, 6.45) is 6.61. The maximum atomic E-state index is 2.53. The van der Waals surface area contributed by atoms with Crippen molar-refractivity contribution in [2.45, 2.75) is 52.9 Å². The van der Waals surface area contributed by atoms with Crippen LogP contribution in [0.15, 0.2) is 30.3 Å². The minimum absolute atomic E-state index is 0.855. The van der Waals surface area contributed by atoms with Gasteiger partial charge in [-0.1, -0.05) is 58.2 Å². The molecule has 0 saturated heterocycles. The topological polar surface area (TPSA) is 3.24 Å². The van der Waals surface area contributed by atoms with Gasteiger partial charge in [0.2, 0.25) is 0 Å². The van der Waals surface area contributed by atoms with Gasteiger partial charge < -0.3 is 4.90 Å². The molecule has 18 heavy (non-hydrogen) atoms. The largest absolute Gasteiger partial charge is 0.372 e. The van der Waals surface area contributed by atoms with E-state index < -0.39 is 0 Å². The van der Waals surface area contributed by atoms with E-state index in [-0.39, 0.29) is 0 Å². The number of hydrogen-bond acceptors (Lipinski definition) is 1. The lowest BCUT2D eigenvalue weighted by molar-refractivity contribution is 0.469. The standard InChI is InChI=1S/C17H29N/c1-4-6-10-16(3)13-15-18(14-5-2)17-11-8-7-9-12-17/h7-9,11-12,16H,4-6,10,13-15H2,1-3H3. The fourth-order valence-electron chi connectivity index (χ4n) is 2.35. The number of hydrogen-bond donors (Lipinski definition) is 0. The molecule has 0 aliphatic heterocycles. The zero-order valence-corrected chi connectivity index (χ0v) is 12.4. The van der Waals surface area contributed by atoms with E-state index in [4.69, 9.17) is 0 Å². The van der Waals surface area contributed by atoms with Crippen molar-refractivity contribution in [3.63, 3.8) is 0 Å². The van der Waals surface area contributed by atoms with Crippen molar-refractivity contribution in [1.82, 2.24) is 0 Å². The third kappa shape index (κ3) is 5.57. The number of unbranched alkanes of at least 4 members (excludes halogenated alkanes) is 1. The lowest BCUT2D eigenvalue weighted by Gasteiger charge is -2.26. The van der Waals surface area contributed by atoms with Crippen LogP contribution in [0.3, 0.4) is 0 Å². The number of para-hydroxylation sites is 1. The van der Waals surface area contributed by atoms with Crippen molar-refractivity contribution < 1.29 is 0 Å². The van der Waals surface area contributed by atoms with Gasteiger partial charge in [-0.15, -0.1) is 0 Å². The summed E-state index contributed by atoms with van der Waals surface area (Å²) in [4.78, 5) is 2.53. The van der Waals surface area contributed by atoms with Gasteiger partial charge >= 0.3 is 0 Å². The molecule has 0 aliphatic carbocycles. The van der Waals surface area contributed by atoms with Crippen LogP contribution in [0, 0.1) is 5.92 Å². The van der Waals surface area contributed by atoms with Crippen molar-refractivity contribution in [3.05, 3.63) is 30.3 Å². The first-order chi connectivity index (χ1) is 8.77. The average Bonchev–Trinajstić information content (AvgIpc) is 2.42. The highest BCUT2D eigenvalue weighted by atomic mass is 15.1.